The molecule has 2 heterocycles. The third-order valence-electron chi connectivity index (χ3n) is 5.30. The van der Waals surface area contributed by atoms with E-state index < -0.39 is 17.3 Å². The number of halogens is 3. The molecule has 0 bridgehead atoms. The van der Waals surface area contributed by atoms with E-state index in [1.807, 2.05) is 0 Å². The third kappa shape index (κ3) is 3.66. The van der Waals surface area contributed by atoms with Gasteiger partial charge in [0.05, 0.1) is 30.5 Å². The van der Waals surface area contributed by atoms with Gasteiger partial charge in [-0.3, -0.25) is 4.79 Å². The van der Waals surface area contributed by atoms with Crippen LogP contribution in [0.4, 0.5) is 13.2 Å². The van der Waals surface area contributed by atoms with Gasteiger partial charge >= 0.3 is 6.18 Å². The summed E-state index contributed by atoms with van der Waals surface area (Å²) in [5.41, 5.74) is -0.127. The molecule has 0 aliphatic carbocycles. The average Bonchev–Trinajstić information content (AvgIpc) is 3.34. The summed E-state index contributed by atoms with van der Waals surface area (Å²) in [6.45, 7) is 0.790. The third-order valence-corrected chi connectivity index (χ3v) is 5.30. The maximum Gasteiger partial charge on any atom is 0.416 e. The number of amides is 1. The molecule has 0 N–H and O–H groups in total. The van der Waals surface area contributed by atoms with Gasteiger partial charge in [-0.25, -0.2) is 0 Å². The molecule has 1 spiro atoms. The van der Waals surface area contributed by atoms with Gasteiger partial charge in [0.15, 0.2) is 5.60 Å². The highest BCUT2D eigenvalue weighted by molar-refractivity contribution is 6.02. The van der Waals surface area contributed by atoms with E-state index >= 15 is 0 Å². The van der Waals surface area contributed by atoms with Gasteiger partial charge < -0.3 is 14.5 Å². The Morgan fingerprint density at radius 3 is 2.76 bits per heavy atom. The summed E-state index contributed by atoms with van der Waals surface area (Å²) < 4.78 is 44.2. The Bertz CT molecular complexity index is 974. The van der Waals surface area contributed by atoms with E-state index in [1.54, 1.807) is 35.2 Å². The van der Waals surface area contributed by atoms with Gasteiger partial charge in [0.1, 0.15) is 5.75 Å². The standard InChI is InChI=1S/C21H19F3N2O3/c1-28-18-8-3-2-7-16(18)19(27)26-10-9-20(13-26)12-17(25-29-20)14-5-4-6-15(11-14)21(22,23)24/h2-8,11H,9-10,12-13H2,1H3. The van der Waals surface area contributed by atoms with Gasteiger partial charge in [-0.05, 0) is 24.3 Å². The smallest absolute Gasteiger partial charge is 0.416 e. The number of oxime groups is 1. The number of hydrogen-bond acceptors (Lipinski definition) is 4. The van der Waals surface area contributed by atoms with Crippen molar-refractivity contribution in [2.45, 2.75) is 24.6 Å². The van der Waals surface area contributed by atoms with Gasteiger partial charge in [0, 0.05) is 24.9 Å². The molecule has 152 valence electrons. The van der Waals surface area contributed by atoms with Crippen molar-refractivity contribution in [2.75, 3.05) is 20.2 Å². The Kier molecular flexibility index (Phi) is 4.72. The van der Waals surface area contributed by atoms with Crippen molar-refractivity contribution in [1.29, 1.82) is 0 Å². The first-order valence-electron chi connectivity index (χ1n) is 9.16. The molecule has 2 aliphatic heterocycles. The molecule has 1 unspecified atom stereocenters. The minimum atomic E-state index is -4.42. The SMILES string of the molecule is COc1ccccc1C(=O)N1CCC2(CC(c3cccc(C(F)(F)F)c3)=NO2)C1. The average molecular weight is 404 g/mol. The lowest BCUT2D eigenvalue weighted by Crippen LogP contribution is -2.36. The normalized spacial score (nSPS) is 21.2. The minimum absolute atomic E-state index is 0.171. The maximum atomic E-state index is 13.0. The number of rotatable bonds is 3. The van der Waals surface area contributed by atoms with Crippen LogP contribution in [0.15, 0.2) is 53.7 Å². The minimum Gasteiger partial charge on any atom is -0.496 e. The highest BCUT2D eigenvalue weighted by Crippen LogP contribution is 2.37. The molecule has 2 aromatic rings. The second-order valence-electron chi connectivity index (χ2n) is 7.24. The molecular formula is C21H19F3N2O3. The van der Waals surface area contributed by atoms with Gasteiger partial charge in [0.2, 0.25) is 0 Å². The Morgan fingerprint density at radius 2 is 2.00 bits per heavy atom. The number of carbonyl (C=O) groups is 1. The van der Waals surface area contributed by atoms with Crippen molar-refractivity contribution in [3.63, 3.8) is 0 Å². The van der Waals surface area contributed by atoms with Crippen LogP contribution in [0.25, 0.3) is 0 Å². The summed E-state index contributed by atoms with van der Waals surface area (Å²) in [6, 6.07) is 12.0. The molecule has 2 aromatic carbocycles. The molecule has 2 aliphatic rings. The lowest BCUT2D eigenvalue weighted by Gasteiger charge is -2.22. The van der Waals surface area contributed by atoms with E-state index in [0.717, 1.165) is 12.1 Å². The Hall–Kier alpha value is -3.03. The monoisotopic (exact) mass is 404 g/mol. The van der Waals surface area contributed by atoms with Crippen LogP contribution < -0.4 is 4.74 Å². The van der Waals surface area contributed by atoms with Crippen LogP contribution in [0.3, 0.4) is 0 Å². The van der Waals surface area contributed by atoms with Crippen LogP contribution in [-0.2, 0) is 11.0 Å². The molecule has 0 radical (unpaired) electrons. The molecule has 4 rings (SSSR count). The topological polar surface area (TPSA) is 51.1 Å². The van der Waals surface area contributed by atoms with Crippen LogP contribution in [-0.4, -0.2) is 42.3 Å². The number of alkyl halides is 3. The summed E-state index contributed by atoms with van der Waals surface area (Å²) in [5.74, 6) is 0.321. The maximum absolute atomic E-state index is 13.0. The van der Waals surface area contributed by atoms with Crippen molar-refractivity contribution < 1.29 is 27.5 Å². The van der Waals surface area contributed by atoms with Gasteiger partial charge in [0.25, 0.3) is 5.91 Å². The van der Waals surface area contributed by atoms with Crippen molar-refractivity contribution in [3.05, 3.63) is 65.2 Å². The number of para-hydroxylation sites is 1. The molecule has 1 atom stereocenters. The van der Waals surface area contributed by atoms with E-state index in [4.69, 9.17) is 9.57 Å². The van der Waals surface area contributed by atoms with E-state index in [1.165, 1.54) is 13.2 Å². The lowest BCUT2D eigenvalue weighted by atomic mass is 9.93. The number of hydrogen-bond donors (Lipinski definition) is 0. The molecule has 0 aromatic heterocycles. The second-order valence-corrected chi connectivity index (χ2v) is 7.24. The number of methoxy groups -OCH3 is 1. The van der Waals surface area contributed by atoms with Crippen molar-refractivity contribution in [1.82, 2.24) is 4.90 Å². The Morgan fingerprint density at radius 1 is 1.21 bits per heavy atom. The van der Waals surface area contributed by atoms with E-state index in [2.05, 4.69) is 5.16 Å². The Balaban J connectivity index is 1.48. The summed E-state index contributed by atoms with van der Waals surface area (Å²) >= 11 is 0. The number of benzene rings is 2. The fourth-order valence-corrected chi connectivity index (χ4v) is 3.78. The molecule has 29 heavy (non-hydrogen) atoms. The zero-order valence-electron chi connectivity index (χ0n) is 15.7. The lowest BCUT2D eigenvalue weighted by molar-refractivity contribution is -0.137. The van der Waals surface area contributed by atoms with Gasteiger partial charge in [-0.1, -0.05) is 29.4 Å². The van der Waals surface area contributed by atoms with Crippen molar-refractivity contribution >= 4 is 11.6 Å². The van der Waals surface area contributed by atoms with Crippen LogP contribution in [0.5, 0.6) is 5.75 Å². The number of likely N-dealkylation sites (tertiary alicyclic amines) is 1. The first-order valence-corrected chi connectivity index (χ1v) is 9.16. The van der Waals surface area contributed by atoms with Crippen LogP contribution in [0.1, 0.15) is 34.3 Å². The Labute approximate surface area is 165 Å². The van der Waals surface area contributed by atoms with Crippen LogP contribution in [0, 0.1) is 0 Å². The second kappa shape index (κ2) is 7.09. The van der Waals surface area contributed by atoms with Gasteiger partial charge in [-0.15, -0.1) is 0 Å². The molecule has 1 fully saturated rings. The first kappa shape index (κ1) is 19.3. The molecule has 1 amide bonds. The fourth-order valence-electron chi connectivity index (χ4n) is 3.78. The largest absolute Gasteiger partial charge is 0.496 e. The van der Waals surface area contributed by atoms with E-state index in [-0.39, 0.29) is 5.91 Å². The molecular weight excluding hydrogens is 385 g/mol. The van der Waals surface area contributed by atoms with E-state index in [9.17, 15) is 18.0 Å². The number of ether oxygens (including phenoxy) is 1. The van der Waals surface area contributed by atoms with Crippen LogP contribution >= 0.6 is 0 Å². The predicted molar refractivity (Wildman–Crippen MR) is 99.9 cm³/mol. The van der Waals surface area contributed by atoms with Crippen molar-refractivity contribution in [3.8, 4) is 5.75 Å². The summed E-state index contributed by atoms with van der Waals surface area (Å²) in [6.07, 6.45) is -3.51. The molecule has 8 heteroatoms. The first-order chi connectivity index (χ1) is 13.8. The quantitative estimate of drug-likeness (QED) is 0.773. The zero-order valence-corrected chi connectivity index (χ0v) is 15.7. The van der Waals surface area contributed by atoms with Crippen molar-refractivity contribution in [2.24, 2.45) is 5.16 Å². The zero-order chi connectivity index (χ0) is 20.6. The molecule has 1 saturated heterocycles. The summed E-state index contributed by atoms with van der Waals surface area (Å²) in [7, 11) is 1.51. The molecule has 0 saturated carbocycles. The van der Waals surface area contributed by atoms with E-state index in [0.29, 0.717) is 48.5 Å². The molecule has 5 nitrogen and oxygen atoms in total. The number of carbonyl (C=O) groups excluding carboxylic acids is 1. The highest BCUT2D eigenvalue weighted by atomic mass is 19.4. The van der Waals surface area contributed by atoms with Gasteiger partial charge in [-0.2, -0.15) is 13.2 Å². The number of nitrogens with zero attached hydrogens (tertiary/aromatic N) is 2. The predicted octanol–water partition coefficient (Wildman–Crippen LogP) is 4.12. The fraction of sp³-hybridized carbons (Fsp3) is 0.333. The highest BCUT2D eigenvalue weighted by Gasteiger charge is 2.47. The van der Waals surface area contributed by atoms with Crippen LogP contribution in [0.2, 0.25) is 0 Å². The summed E-state index contributed by atoms with van der Waals surface area (Å²) in [5, 5.41) is 4.05. The summed E-state index contributed by atoms with van der Waals surface area (Å²) in [4.78, 5) is 20.2.